The number of carbonyl (C=O) groups is 2. The van der Waals surface area contributed by atoms with Crippen molar-refractivity contribution in [2.24, 2.45) is 11.5 Å². The molecule has 9 heteroatoms. The zero-order chi connectivity index (χ0) is 8.73. The maximum atomic E-state index is 9.45. The first kappa shape index (κ1) is 17.8. The summed E-state index contributed by atoms with van der Waals surface area (Å²) in [4.78, 5) is 40.6. The number of amides is 2. The second-order valence-electron chi connectivity index (χ2n) is 0.997. The van der Waals surface area contributed by atoms with Gasteiger partial charge in [0.2, 0.25) is 0 Å². The van der Waals surface area contributed by atoms with E-state index < -0.39 is 20.4 Å². The van der Waals surface area contributed by atoms with Gasteiger partial charge in [0.1, 0.15) is 0 Å². The van der Waals surface area contributed by atoms with Crippen LogP contribution in [0.3, 0.4) is 0 Å². The average molecular weight is 210 g/mol. The van der Waals surface area contributed by atoms with Gasteiger partial charge in [0, 0.05) is 0 Å². The molecule has 0 atom stereocenters. The van der Waals surface area contributed by atoms with Gasteiger partial charge in [-0.1, -0.05) is 0 Å². The van der Waals surface area contributed by atoms with Crippen LogP contribution in [-0.2, 0) is 9.59 Å². The van der Waals surface area contributed by atoms with E-state index in [1.165, 1.54) is 0 Å². The Balaban J connectivity index is -0.0000000483. The summed E-state index contributed by atoms with van der Waals surface area (Å²) in [7, 11) is -2.62. The van der Waals surface area contributed by atoms with Gasteiger partial charge in [-0.15, -0.1) is 0 Å². The first-order valence-corrected chi connectivity index (χ1v) is 3.04. The van der Waals surface area contributed by atoms with Crippen molar-refractivity contribution in [2.75, 3.05) is 0 Å². The maximum absolute atomic E-state index is 9.45. The van der Waals surface area contributed by atoms with E-state index in [9.17, 15) is 9.59 Å². The van der Waals surface area contributed by atoms with E-state index in [-0.39, 0.29) is 52.8 Å². The van der Waals surface area contributed by atoms with E-state index in [0.717, 1.165) is 0 Å². The van der Waals surface area contributed by atoms with E-state index in [0.29, 0.717) is 0 Å². The second-order valence-corrected chi connectivity index (χ2v) is 1.53. The quantitative estimate of drug-likeness (QED) is 0.153. The van der Waals surface area contributed by atoms with E-state index in [1.807, 2.05) is 0 Å². The normalized spacial score (nSPS) is 7.27. The molecule has 11 heavy (non-hydrogen) atoms. The minimum Gasteiger partial charge on any atom is -1.00 e. The predicted octanol–water partition coefficient (Wildman–Crippen LogP) is -5.74. The monoisotopic (exact) mass is 210 g/mol. The molecule has 7 N–H and O–H groups in total. The molecule has 0 saturated heterocycles. The van der Waals surface area contributed by atoms with Crippen molar-refractivity contribution in [3.05, 3.63) is 0 Å². The van der Waals surface area contributed by atoms with Gasteiger partial charge in [-0.05, 0) is 0 Å². The molecule has 0 rings (SSSR count). The van der Waals surface area contributed by atoms with Crippen LogP contribution in [0, 0.1) is 0 Å². The van der Waals surface area contributed by atoms with Crippen LogP contribution < -0.4 is 62.9 Å². The molecule has 62 valence electrons. The Hall–Kier alpha value is 0.886. The maximum Gasteiger partial charge on any atom is 1.00 e. The summed E-state index contributed by atoms with van der Waals surface area (Å²) in [6.45, 7) is 0. The van der Waals surface area contributed by atoms with Crippen molar-refractivity contribution >= 4 is 20.4 Å². The Kier molecular flexibility index (Phi) is 17.7. The number of hydrogen-bond acceptors (Lipinski definition) is 5. The molecular formula is C2H8KN2O5P. The summed E-state index contributed by atoms with van der Waals surface area (Å²) in [5, 5.41) is 0. The molecule has 0 saturated carbocycles. The first-order chi connectivity index (χ1) is 4.37. The van der Waals surface area contributed by atoms with Crippen LogP contribution in [0.15, 0.2) is 0 Å². The Labute approximate surface area is 108 Å². The summed E-state index contributed by atoms with van der Waals surface area (Å²) < 4.78 is 0. The third-order valence-electron chi connectivity index (χ3n) is 0.243. The largest absolute Gasteiger partial charge is 1.00 e. The third kappa shape index (κ3) is 36.0. The van der Waals surface area contributed by atoms with Crippen molar-refractivity contribution < 1.29 is 77.1 Å². The van der Waals surface area contributed by atoms with Gasteiger partial charge in [0.15, 0.2) is 0 Å². The number of primary amides is 2. The van der Waals surface area contributed by atoms with Crippen molar-refractivity contribution in [2.45, 2.75) is 0 Å². The molecular weight excluding hydrogens is 202 g/mol. The number of carbonyl (C=O) groups excluding carboxylic acids is 2. The zero-order valence-electron chi connectivity index (χ0n) is 6.76. The van der Waals surface area contributed by atoms with Crippen molar-refractivity contribution in [1.82, 2.24) is 0 Å². The Morgan fingerprint density at radius 2 is 1.18 bits per heavy atom. The van der Waals surface area contributed by atoms with Crippen LogP contribution in [0.1, 0.15) is 1.43 Å². The van der Waals surface area contributed by atoms with Crippen molar-refractivity contribution in [3.63, 3.8) is 0 Å². The predicted molar refractivity (Wildman–Crippen MR) is 33.1 cm³/mol. The molecule has 0 aromatic rings. The molecule has 0 heterocycles. The fourth-order valence-electron chi connectivity index (χ4n) is 0. The summed E-state index contributed by atoms with van der Waals surface area (Å²) in [6, 6.07) is 0. The molecule has 0 fully saturated rings. The smallest absolute Gasteiger partial charge is 1.00 e. The fraction of sp³-hybridized carbons (Fsp3) is 0. The van der Waals surface area contributed by atoms with E-state index >= 15 is 0 Å². The fourth-order valence-corrected chi connectivity index (χ4v) is 0. The SMILES string of the molecule is NC(=O)C(N)=O.OP(O)O.[H-].[K+]. The topological polar surface area (TPSA) is 147 Å². The molecule has 0 spiro atoms. The molecule has 0 aliphatic heterocycles. The van der Waals surface area contributed by atoms with Gasteiger partial charge < -0.3 is 27.6 Å². The van der Waals surface area contributed by atoms with Gasteiger partial charge in [-0.2, -0.15) is 0 Å². The first-order valence-electron chi connectivity index (χ1n) is 1.84. The Morgan fingerprint density at radius 1 is 1.09 bits per heavy atom. The van der Waals surface area contributed by atoms with Gasteiger partial charge in [-0.3, -0.25) is 9.59 Å². The van der Waals surface area contributed by atoms with E-state index in [4.69, 9.17) is 14.7 Å². The summed E-state index contributed by atoms with van der Waals surface area (Å²) in [5.74, 6) is -2.20. The number of hydrogen-bond donors (Lipinski definition) is 5. The molecule has 0 aromatic heterocycles. The van der Waals surface area contributed by atoms with Crippen LogP contribution in [0.25, 0.3) is 0 Å². The minimum atomic E-state index is -2.62. The van der Waals surface area contributed by atoms with Crippen LogP contribution in [0.5, 0.6) is 0 Å². The Morgan fingerprint density at radius 3 is 1.18 bits per heavy atom. The summed E-state index contributed by atoms with van der Waals surface area (Å²) >= 11 is 0. The second kappa shape index (κ2) is 10.9. The van der Waals surface area contributed by atoms with Crippen LogP contribution in [-0.4, -0.2) is 26.5 Å². The van der Waals surface area contributed by atoms with E-state index in [1.54, 1.807) is 0 Å². The van der Waals surface area contributed by atoms with Crippen LogP contribution >= 0.6 is 8.60 Å². The zero-order valence-corrected chi connectivity index (χ0v) is 9.78. The number of nitrogens with two attached hydrogens (primary N) is 2. The van der Waals surface area contributed by atoms with E-state index in [2.05, 4.69) is 11.5 Å². The molecule has 0 unspecified atom stereocenters. The molecule has 0 aromatic carbocycles. The van der Waals surface area contributed by atoms with Crippen molar-refractivity contribution in [1.29, 1.82) is 0 Å². The standard InChI is InChI=1S/C2H4N2O2.K.H3O3P.H/c3-1(5)2(4)6;;1-4(2)3;/h(H2,3,5)(H2,4,6);;1-3H;/q;+1;;-1. The average Bonchev–Trinajstić information content (AvgIpc) is 1.63. The van der Waals surface area contributed by atoms with Crippen LogP contribution in [0.4, 0.5) is 0 Å². The molecule has 0 aliphatic carbocycles. The molecule has 2 amide bonds. The summed E-state index contributed by atoms with van der Waals surface area (Å²) in [5.41, 5.74) is 8.64. The van der Waals surface area contributed by atoms with Gasteiger partial charge in [-0.25, -0.2) is 0 Å². The third-order valence-corrected chi connectivity index (χ3v) is 0.243. The van der Waals surface area contributed by atoms with Gasteiger partial charge >= 0.3 is 71.8 Å². The van der Waals surface area contributed by atoms with Gasteiger partial charge in [0.05, 0.1) is 0 Å². The van der Waals surface area contributed by atoms with Gasteiger partial charge in [0.25, 0.3) is 0 Å². The molecule has 0 aliphatic rings. The molecule has 0 bridgehead atoms. The minimum absolute atomic E-state index is 0. The Bertz CT molecular complexity index is 120. The summed E-state index contributed by atoms with van der Waals surface area (Å²) in [6.07, 6.45) is 0. The molecule has 0 radical (unpaired) electrons. The molecule has 7 nitrogen and oxygen atoms in total. The number of rotatable bonds is 0. The van der Waals surface area contributed by atoms with Crippen molar-refractivity contribution in [3.8, 4) is 0 Å². The van der Waals surface area contributed by atoms with Crippen LogP contribution in [0.2, 0.25) is 0 Å².